The van der Waals surface area contributed by atoms with Crippen LogP contribution in [0.3, 0.4) is 0 Å². The maximum Gasteiger partial charge on any atom is 0.174 e. The first-order valence-corrected chi connectivity index (χ1v) is 10.0. The molecule has 3 rings (SSSR count). The number of hydrogen-bond acceptors (Lipinski definition) is 5. The maximum atomic E-state index is 13.1. The molecule has 30 heavy (non-hydrogen) atoms. The molecule has 0 saturated heterocycles. The molecule has 5 heteroatoms. The smallest absolute Gasteiger partial charge is 0.174 e. The summed E-state index contributed by atoms with van der Waals surface area (Å²) in [6.07, 6.45) is 3.97. The summed E-state index contributed by atoms with van der Waals surface area (Å²) >= 11 is 0. The number of ketones is 1. The molecule has 0 radical (unpaired) electrons. The van der Waals surface area contributed by atoms with Crippen LogP contribution < -0.4 is 4.74 Å². The van der Waals surface area contributed by atoms with Gasteiger partial charge in [-0.05, 0) is 58.2 Å². The summed E-state index contributed by atoms with van der Waals surface area (Å²) in [5.41, 5.74) is 3.71. The molecule has 0 aliphatic carbocycles. The van der Waals surface area contributed by atoms with E-state index in [4.69, 9.17) is 4.74 Å². The van der Waals surface area contributed by atoms with Gasteiger partial charge in [0, 0.05) is 11.1 Å². The topological polar surface area (TPSA) is 87.0 Å². The Morgan fingerprint density at radius 3 is 2.23 bits per heavy atom. The van der Waals surface area contributed by atoms with E-state index in [2.05, 4.69) is 0 Å². The Kier molecular flexibility index (Phi) is 6.20. The minimum atomic E-state index is -0.606. The Labute approximate surface area is 177 Å². The fourth-order valence-corrected chi connectivity index (χ4v) is 3.56. The van der Waals surface area contributed by atoms with Gasteiger partial charge >= 0.3 is 0 Å². The minimum absolute atomic E-state index is 0.0406. The predicted octanol–water partition coefficient (Wildman–Crippen LogP) is 5.53. The Hall–Kier alpha value is -3.21. The third kappa shape index (κ3) is 4.35. The van der Waals surface area contributed by atoms with Crippen LogP contribution in [0.5, 0.6) is 23.0 Å². The Bertz CT molecular complexity index is 1040. The number of carbonyl (C=O) groups is 1. The Balaban J connectivity index is 2.17. The molecule has 158 valence electrons. The van der Waals surface area contributed by atoms with E-state index in [0.717, 1.165) is 11.1 Å². The lowest BCUT2D eigenvalue weighted by Crippen LogP contribution is -2.22. The predicted molar refractivity (Wildman–Crippen MR) is 116 cm³/mol. The monoisotopic (exact) mass is 408 g/mol. The number of phenolic OH excluding ortho intramolecular Hbond substituents is 3. The molecule has 2 aromatic carbocycles. The summed E-state index contributed by atoms with van der Waals surface area (Å²) in [6.45, 7) is 7.78. The largest absolute Gasteiger partial charge is 0.508 e. The lowest BCUT2D eigenvalue weighted by atomic mass is 9.89. The molecule has 5 nitrogen and oxygen atoms in total. The Morgan fingerprint density at radius 2 is 1.63 bits per heavy atom. The van der Waals surface area contributed by atoms with Gasteiger partial charge in [-0.15, -0.1) is 0 Å². The molecule has 0 saturated carbocycles. The van der Waals surface area contributed by atoms with Crippen LogP contribution in [-0.2, 0) is 12.8 Å². The number of ether oxygens (including phenoxy) is 1. The van der Waals surface area contributed by atoms with Crippen molar-refractivity contribution in [2.24, 2.45) is 0 Å². The van der Waals surface area contributed by atoms with E-state index in [-0.39, 0.29) is 40.8 Å². The van der Waals surface area contributed by atoms with E-state index < -0.39 is 6.10 Å². The van der Waals surface area contributed by atoms with Crippen molar-refractivity contribution in [3.05, 3.63) is 69.8 Å². The molecule has 3 N–H and O–H groups in total. The van der Waals surface area contributed by atoms with Crippen LogP contribution in [0.15, 0.2) is 47.6 Å². The van der Waals surface area contributed by atoms with Gasteiger partial charge in [0.2, 0.25) is 0 Å². The van der Waals surface area contributed by atoms with Gasteiger partial charge in [0.1, 0.15) is 34.7 Å². The summed E-state index contributed by atoms with van der Waals surface area (Å²) in [7, 11) is 0. The normalized spacial score (nSPS) is 15.2. The number of allylic oxidation sites excluding steroid dienone is 4. The van der Waals surface area contributed by atoms with E-state index in [1.807, 2.05) is 39.8 Å². The van der Waals surface area contributed by atoms with Crippen LogP contribution in [0.1, 0.15) is 67.3 Å². The number of carbonyl (C=O) groups excluding carboxylic acids is 1. The number of rotatable bonds is 5. The molecular weight excluding hydrogens is 380 g/mol. The highest BCUT2D eigenvalue weighted by Gasteiger charge is 2.35. The fraction of sp³-hybridized carbons (Fsp3) is 0.320. The van der Waals surface area contributed by atoms with Crippen LogP contribution in [0, 0.1) is 0 Å². The van der Waals surface area contributed by atoms with Gasteiger partial charge in [-0.3, -0.25) is 4.79 Å². The average Bonchev–Trinajstić information content (AvgIpc) is 2.66. The molecule has 1 atom stereocenters. The second-order valence-corrected chi connectivity index (χ2v) is 8.16. The molecule has 0 fully saturated rings. The lowest BCUT2D eigenvalue weighted by Gasteiger charge is -2.29. The molecule has 1 heterocycles. The van der Waals surface area contributed by atoms with Crippen molar-refractivity contribution in [2.75, 3.05) is 0 Å². The molecule has 0 amide bonds. The molecule has 0 bridgehead atoms. The standard InChI is InChI=1S/C25H28O5/c1-14(2)8-10-18-23(28)19(11-9-15(3)4)25-22(24(18)29)20(27)13-21(30-25)16-6-5-7-17(26)12-16/h5-9,12,21,26,28-29H,10-11,13H2,1-4H3. The first kappa shape index (κ1) is 21.5. The van der Waals surface area contributed by atoms with Crippen LogP contribution in [0.4, 0.5) is 0 Å². The number of benzene rings is 2. The first-order valence-electron chi connectivity index (χ1n) is 10.0. The molecule has 0 spiro atoms. The van der Waals surface area contributed by atoms with Crippen molar-refractivity contribution in [3.8, 4) is 23.0 Å². The van der Waals surface area contributed by atoms with E-state index in [1.165, 1.54) is 0 Å². The second-order valence-electron chi connectivity index (χ2n) is 8.16. The first-order chi connectivity index (χ1) is 14.2. The van der Waals surface area contributed by atoms with Crippen molar-refractivity contribution < 1.29 is 24.9 Å². The third-order valence-corrected chi connectivity index (χ3v) is 5.18. The number of hydrogen-bond donors (Lipinski definition) is 3. The van der Waals surface area contributed by atoms with E-state index in [1.54, 1.807) is 24.3 Å². The van der Waals surface area contributed by atoms with E-state index in [9.17, 15) is 20.1 Å². The summed E-state index contributed by atoms with van der Waals surface area (Å²) < 4.78 is 6.15. The minimum Gasteiger partial charge on any atom is -0.508 e. The van der Waals surface area contributed by atoms with Crippen LogP contribution in [0.2, 0.25) is 0 Å². The van der Waals surface area contributed by atoms with Gasteiger partial charge in [0.05, 0.1) is 6.42 Å². The molecule has 2 aromatic rings. The van der Waals surface area contributed by atoms with Gasteiger partial charge in [-0.1, -0.05) is 35.4 Å². The molecule has 1 unspecified atom stereocenters. The van der Waals surface area contributed by atoms with Crippen molar-refractivity contribution in [1.29, 1.82) is 0 Å². The zero-order valence-corrected chi connectivity index (χ0v) is 17.8. The summed E-state index contributed by atoms with van der Waals surface area (Å²) in [6, 6.07) is 6.58. The average molecular weight is 408 g/mol. The highest BCUT2D eigenvalue weighted by molar-refractivity contribution is 6.04. The van der Waals surface area contributed by atoms with Crippen LogP contribution >= 0.6 is 0 Å². The van der Waals surface area contributed by atoms with Crippen LogP contribution in [-0.4, -0.2) is 21.1 Å². The van der Waals surface area contributed by atoms with Gasteiger partial charge in [-0.25, -0.2) is 0 Å². The van der Waals surface area contributed by atoms with Crippen molar-refractivity contribution in [2.45, 2.75) is 53.1 Å². The number of phenols is 3. The van der Waals surface area contributed by atoms with Crippen LogP contribution in [0.25, 0.3) is 0 Å². The molecule has 0 aromatic heterocycles. The number of Topliss-reactive ketones (excluding diaryl/α,β-unsaturated/α-hetero) is 1. The highest BCUT2D eigenvalue weighted by atomic mass is 16.5. The SMILES string of the molecule is CC(C)=CCc1c(O)c(CC=C(C)C)c2c(c1O)C(=O)CC(c1cccc(O)c1)O2. The maximum absolute atomic E-state index is 13.1. The number of fused-ring (bicyclic) bond motifs is 1. The highest BCUT2D eigenvalue weighted by Crippen LogP contribution is 2.48. The quantitative estimate of drug-likeness (QED) is 0.567. The van der Waals surface area contributed by atoms with Gasteiger partial charge in [0.15, 0.2) is 5.78 Å². The second kappa shape index (κ2) is 8.66. The van der Waals surface area contributed by atoms with Gasteiger partial charge in [-0.2, -0.15) is 0 Å². The molecule has 1 aliphatic rings. The zero-order chi connectivity index (χ0) is 22.0. The zero-order valence-electron chi connectivity index (χ0n) is 17.8. The van der Waals surface area contributed by atoms with Gasteiger partial charge < -0.3 is 20.1 Å². The molecule has 1 aliphatic heterocycles. The van der Waals surface area contributed by atoms with Crippen molar-refractivity contribution in [1.82, 2.24) is 0 Å². The third-order valence-electron chi connectivity index (χ3n) is 5.18. The lowest BCUT2D eigenvalue weighted by molar-refractivity contribution is 0.0841. The van der Waals surface area contributed by atoms with E-state index >= 15 is 0 Å². The fourth-order valence-electron chi connectivity index (χ4n) is 3.56. The number of aromatic hydroxyl groups is 3. The Morgan fingerprint density at radius 1 is 1.00 bits per heavy atom. The summed E-state index contributed by atoms with van der Waals surface area (Å²) in [4.78, 5) is 13.1. The summed E-state index contributed by atoms with van der Waals surface area (Å²) in [5, 5.41) is 31.6. The van der Waals surface area contributed by atoms with Crippen molar-refractivity contribution in [3.63, 3.8) is 0 Å². The van der Waals surface area contributed by atoms with Gasteiger partial charge in [0.25, 0.3) is 0 Å². The molecular formula is C25H28O5. The van der Waals surface area contributed by atoms with E-state index in [0.29, 0.717) is 29.5 Å². The van der Waals surface area contributed by atoms with Crippen molar-refractivity contribution >= 4 is 5.78 Å². The summed E-state index contributed by atoms with van der Waals surface area (Å²) in [5.74, 6) is -0.222.